The lowest BCUT2D eigenvalue weighted by molar-refractivity contribution is -0.255. The third kappa shape index (κ3) is 0.914. The van der Waals surface area contributed by atoms with Crippen molar-refractivity contribution in [1.29, 1.82) is 0 Å². The number of carboxylic acids is 1. The molecular formula is C7H4N3O2-. The summed E-state index contributed by atoms with van der Waals surface area (Å²) in [6.45, 7) is 0. The third-order valence-electron chi connectivity index (χ3n) is 1.46. The second-order valence-electron chi connectivity index (χ2n) is 2.24. The van der Waals surface area contributed by atoms with E-state index in [0.29, 0.717) is 5.65 Å². The highest BCUT2D eigenvalue weighted by Crippen LogP contribution is 1.98. The van der Waals surface area contributed by atoms with Crippen molar-refractivity contribution in [2.75, 3.05) is 0 Å². The summed E-state index contributed by atoms with van der Waals surface area (Å²) in [6.07, 6.45) is 3.11. The van der Waals surface area contributed by atoms with Crippen LogP contribution < -0.4 is 5.11 Å². The first-order valence-electron chi connectivity index (χ1n) is 3.29. The molecule has 0 radical (unpaired) electrons. The summed E-state index contributed by atoms with van der Waals surface area (Å²) in [5, 5.41) is 14.1. The minimum atomic E-state index is -1.29. The van der Waals surface area contributed by atoms with Crippen LogP contribution in [0.3, 0.4) is 0 Å². The van der Waals surface area contributed by atoms with Crippen molar-refractivity contribution < 1.29 is 9.90 Å². The van der Waals surface area contributed by atoms with Crippen LogP contribution in [-0.2, 0) is 0 Å². The van der Waals surface area contributed by atoms with E-state index in [1.807, 2.05) is 0 Å². The monoisotopic (exact) mass is 162 g/mol. The smallest absolute Gasteiger partial charge is 0.153 e. The first-order chi connectivity index (χ1) is 5.77. The molecule has 2 aromatic heterocycles. The van der Waals surface area contributed by atoms with Gasteiger partial charge in [0.05, 0.1) is 5.97 Å². The Hall–Kier alpha value is -1.91. The van der Waals surface area contributed by atoms with E-state index < -0.39 is 5.97 Å². The molecule has 5 nitrogen and oxygen atoms in total. The van der Waals surface area contributed by atoms with Gasteiger partial charge >= 0.3 is 0 Å². The van der Waals surface area contributed by atoms with Crippen molar-refractivity contribution >= 4 is 11.6 Å². The average Bonchev–Trinajstić information content (AvgIpc) is 2.49. The van der Waals surface area contributed by atoms with Gasteiger partial charge in [0.1, 0.15) is 5.69 Å². The number of rotatable bonds is 1. The maximum Gasteiger partial charge on any atom is 0.153 e. The lowest BCUT2D eigenvalue weighted by Crippen LogP contribution is -2.24. The highest BCUT2D eigenvalue weighted by atomic mass is 16.4. The van der Waals surface area contributed by atoms with Gasteiger partial charge in [0.25, 0.3) is 0 Å². The number of carbonyl (C=O) groups excluding carboxylic acids is 1. The Labute approximate surface area is 67.3 Å². The SMILES string of the molecule is O=C([O-])c1ccc2nccn2n1. The molecule has 0 atom stereocenters. The highest BCUT2D eigenvalue weighted by molar-refractivity contribution is 5.83. The first-order valence-corrected chi connectivity index (χ1v) is 3.29. The largest absolute Gasteiger partial charge is 0.543 e. The van der Waals surface area contributed by atoms with E-state index in [-0.39, 0.29) is 5.69 Å². The molecule has 0 fully saturated rings. The molecule has 12 heavy (non-hydrogen) atoms. The van der Waals surface area contributed by atoms with Gasteiger partial charge in [-0.25, -0.2) is 9.50 Å². The van der Waals surface area contributed by atoms with Crippen molar-refractivity contribution in [2.45, 2.75) is 0 Å². The standard InChI is InChI=1S/C7H5N3O2/c11-7(12)5-1-2-6-8-3-4-10(6)9-5/h1-4H,(H,11,12)/p-1. The van der Waals surface area contributed by atoms with Crippen LogP contribution in [0, 0.1) is 0 Å². The Kier molecular flexibility index (Phi) is 1.30. The van der Waals surface area contributed by atoms with E-state index in [1.165, 1.54) is 10.6 Å². The second kappa shape index (κ2) is 2.30. The minimum absolute atomic E-state index is 0.0968. The Balaban J connectivity index is 2.68. The van der Waals surface area contributed by atoms with Crippen molar-refractivity contribution in [3.8, 4) is 0 Å². The molecule has 0 aliphatic rings. The van der Waals surface area contributed by atoms with Crippen LogP contribution in [0.4, 0.5) is 0 Å². The number of carboxylic acid groups (broad SMARTS) is 1. The molecular weight excluding hydrogens is 158 g/mol. The number of aromatic nitrogens is 3. The van der Waals surface area contributed by atoms with Crippen LogP contribution >= 0.6 is 0 Å². The Bertz CT molecular complexity index is 435. The fourth-order valence-corrected chi connectivity index (χ4v) is 0.924. The molecule has 0 N–H and O–H groups in total. The molecule has 0 spiro atoms. The van der Waals surface area contributed by atoms with Gasteiger partial charge in [-0.3, -0.25) is 0 Å². The lowest BCUT2D eigenvalue weighted by Gasteiger charge is -2.00. The van der Waals surface area contributed by atoms with E-state index in [1.54, 1.807) is 18.5 Å². The molecule has 0 amide bonds. The fourth-order valence-electron chi connectivity index (χ4n) is 0.924. The number of hydrogen-bond acceptors (Lipinski definition) is 4. The van der Waals surface area contributed by atoms with Crippen LogP contribution in [0.25, 0.3) is 5.65 Å². The number of carbonyl (C=O) groups is 1. The lowest BCUT2D eigenvalue weighted by atomic mass is 10.4. The summed E-state index contributed by atoms with van der Waals surface area (Å²) in [6, 6.07) is 2.93. The summed E-state index contributed by atoms with van der Waals surface area (Å²) in [4.78, 5) is 14.3. The number of imidazole rings is 1. The van der Waals surface area contributed by atoms with Gasteiger partial charge in [-0.1, -0.05) is 0 Å². The summed E-state index contributed by atoms with van der Waals surface area (Å²) >= 11 is 0. The van der Waals surface area contributed by atoms with Gasteiger partial charge in [0, 0.05) is 12.4 Å². The normalized spacial score (nSPS) is 10.3. The molecule has 2 aromatic rings. The van der Waals surface area contributed by atoms with Gasteiger partial charge in [0.2, 0.25) is 0 Å². The molecule has 0 unspecified atom stereocenters. The first kappa shape index (κ1) is 6.78. The Morgan fingerprint density at radius 3 is 3.08 bits per heavy atom. The van der Waals surface area contributed by atoms with E-state index in [2.05, 4.69) is 10.1 Å². The number of nitrogens with zero attached hydrogens (tertiary/aromatic N) is 3. The maximum atomic E-state index is 10.4. The molecule has 0 saturated heterocycles. The zero-order valence-corrected chi connectivity index (χ0v) is 5.97. The number of aromatic carboxylic acids is 1. The molecule has 2 heterocycles. The molecule has 0 bridgehead atoms. The highest BCUT2D eigenvalue weighted by Gasteiger charge is 1.97. The minimum Gasteiger partial charge on any atom is -0.543 e. The van der Waals surface area contributed by atoms with Crippen LogP contribution in [-0.4, -0.2) is 20.6 Å². The summed E-state index contributed by atoms with van der Waals surface area (Å²) in [7, 11) is 0. The quantitative estimate of drug-likeness (QED) is 0.544. The van der Waals surface area contributed by atoms with Gasteiger partial charge in [-0.05, 0) is 12.1 Å². The third-order valence-corrected chi connectivity index (χ3v) is 1.46. The average molecular weight is 162 g/mol. The molecule has 5 heteroatoms. The van der Waals surface area contributed by atoms with Crippen molar-refractivity contribution in [3.05, 3.63) is 30.2 Å². The van der Waals surface area contributed by atoms with Gasteiger partial charge in [-0.15, -0.1) is 0 Å². The van der Waals surface area contributed by atoms with E-state index >= 15 is 0 Å². The Morgan fingerprint density at radius 1 is 1.50 bits per heavy atom. The predicted molar refractivity (Wildman–Crippen MR) is 37.3 cm³/mol. The van der Waals surface area contributed by atoms with Crippen molar-refractivity contribution in [2.24, 2.45) is 0 Å². The van der Waals surface area contributed by atoms with Crippen LogP contribution in [0.15, 0.2) is 24.5 Å². The van der Waals surface area contributed by atoms with E-state index in [4.69, 9.17) is 0 Å². The van der Waals surface area contributed by atoms with Crippen LogP contribution in [0.1, 0.15) is 10.5 Å². The predicted octanol–water partition coefficient (Wildman–Crippen LogP) is -0.907. The summed E-state index contributed by atoms with van der Waals surface area (Å²) in [5.74, 6) is -1.29. The number of fused-ring (bicyclic) bond motifs is 1. The van der Waals surface area contributed by atoms with E-state index in [9.17, 15) is 9.90 Å². The molecule has 60 valence electrons. The van der Waals surface area contributed by atoms with Crippen molar-refractivity contribution in [1.82, 2.24) is 14.6 Å². The van der Waals surface area contributed by atoms with Crippen molar-refractivity contribution in [3.63, 3.8) is 0 Å². The molecule has 0 aliphatic carbocycles. The fraction of sp³-hybridized carbons (Fsp3) is 0. The topological polar surface area (TPSA) is 70.3 Å². The van der Waals surface area contributed by atoms with Gasteiger partial charge in [0.15, 0.2) is 5.65 Å². The molecule has 0 aliphatic heterocycles. The van der Waals surface area contributed by atoms with Crippen LogP contribution in [0.2, 0.25) is 0 Å². The maximum absolute atomic E-state index is 10.4. The summed E-state index contributed by atoms with van der Waals surface area (Å²) < 4.78 is 1.38. The zero-order chi connectivity index (χ0) is 8.55. The molecule has 0 saturated carbocycles. The van der Waals surface area contributed by atoms with E-state index in [0.717, 1.165) is 0 Å². The Morgan fingerprint density at radius 2 is 2.33 bits per heavy atom. The van der Waals surface area contributed by atoms with Gasteiger partial charge < -0.3 is 9.90 Å². The van der Waals surface area contributed by atoms with Crippen LogP contribution in [0.5, 0.6) is 0 Å². The number of hydrogen-bond donors (Lipinski definition) is 0. The molecule has 2 rings (SSSR count). The summed E-state index contributed by atoms with van der Waals surface area (Å²) in [5.41, 5.74) is 0.514. The second-order valence-corrected chi connectivity index (χ2v) is 2.24. The van der Waals surface area contributed by atoms with Gasteiger partial charge in [-0.2, -0.15) is 5.10 Å². The zero-order valence-electron chi connectivity index (χ0n) is 5.97. The molecule has 0 aromatic carbocycles.